The first-order chi connectivity index (χ1) is 17.6. The summed E-state index contributed by atoms with van der Waals surface area (Å²) in [6, 6.07) is 21.7. The van der Waals surface area contributed by atoms with Gasteiger partial charge in [-0.05, 0) is 78.5 Å². The summed E-state index contributed by atoms with van der Waals surface area (Å²) in [7, 11) is 0. The van der Waals surface area contributed by atoms with Crippen LogP contribution in [0.2, 0.25) is 0 Å². The minimum atomic E-state index is -0.602. The molecule has 4 rings (SSSR count). The minimum absolute atomic E-state index is 0.0303. The van der Waals surface area contributed by atoms with Crippen molar-refractivity contribution < 1.29 is 13.6 Å². The van der Waals surface area contributed by atoms with Crippen molar-refractivity contribution >= 4 is 5.91 Å². The van der Waals surface area contributed by atoms with Gasteiger partial charge >= 0.3 is 0 Å². The van der Waals surface area contributed by atoms with Gasteiger partial charge in [0.1, 0.15) is 11.6 Å². The van der Waals surface area contributed by atoms with Gasteiger partial charge in [-0.3, -0.25) is 4.79 Å². The molecule has 1 aliphatic rings. The van der Waals surface area contributed by atoms with Crippen molar-refractivity contribution in [2.75, 3.05) is 6.54 Å². The molecule has 3 aromatic rings. The van der Waals surface area contributed by atoms with Crippen LogP contribution in [-0.2, 0) is 29.6 Å². The zero-order chi connectivity index (χ0) is 26.5. The van der Waals surface area contributed by atoms with Gasteiger partial charge < -0.3 is 10.6 Å². The molecule has 1 aliphatic carbocycles. The van der Waals surface area contributed by atoms with E-state index in [2.05, 4.69) is 55.7 Å². The fourth-order valence-corrected chi connectivity index (χ4v) is 5.07. The Labute approximate surface area is 219 Å². The van der Waals surface area contributed by atoms with Crippen molar-refractivity contribution in [3.05, 3.63) is 107 Å². The molecule has 3 nitrogen and oxygen atoms in total. The second-order valence-corrected chi connectivity index (χ2v) is 11.6. The predicted octanol–water partition coefficient (Wildman–Crippen LogP) is 6.49. The molecule has 0 spiro atoms. The number of hydrogen-bond acceptors (Lipinski definition) is 2. The maximum Gasteiger partial charge on any atom is 0.224 e. The Kier molecular flexibility index (Phi) is 8.43. The van der Waals surface area contributed by atoms with E-state index in [4.69, 9.17) is 0 Å². The first-order valence-corrected chi connectivity index (χ1v) is 13.2. The van der Waals surface area contributed by atoms with Crippen LogP contribution >= 0.6 is 0 Å². The van der Waals surface area contributed by atoms with E-state index in [9.17, 15) is 13.6 Å². The molecule has 0 unspecified atom stereocenters. The molecular weight excluding hydrogens is 466 g/mol. The molecule has 1 amide bonds. The van der Waals surface area contributed by atoms with Gasteiger partial charge in [-0.15, -0.1) is 0 Å². The van der Waals surface area contributed by atoms with Crippen LogP contribution in [0.25, 0.3) is 0 Å². The SMILES string of the molecule is CC(C)(C)Cc1cccc(C2(NCC[C@H](Cc3cc(F)cc(F)c3)NC(=O)Cc3ccccc3)CC2)c1. The molecule has 5 heteroatoms. The zero-order valence-corrected chi connectivity index (χ0v) is 22.1. The van der Waals surface area contributed by atoms with Crippen molar-refractivity contribution in [1.82, 2.24) is 10.6 Å². The summed E-state index contributed by atoms with van der Waals surface area (Å²) in [5.74, 6) is -1.30. The maximum atomic E-state index is 13.8. The lowest BCUT2D eigenvalue weighted by atomic mass is 9.87. The summed E-state index contributed by atoms with van der Waals surface area (Å²) in [5, 5.41) is 6.85. The molecule has 3 aromatic carbocycles. The van der Waals surface area contributed by atoms with Crippen molar-refractivity contribution in [2.24, 2.45) is 5.41 Å². The van der Waals surface area contributed by atoms with Crippen LogP contribution in [0.15, 0.2) is 72.8 Å². The average Bonchev–Trinajstić information content (AvgIpc) is 3.59. The number of hydrogen-bond donors (Lipinski definition) is 2. The van der Waals surface area contributed by atoms with Crippen LogP contribution < -0.4 is 10.6 Å². The van der Waals surface area contributed by atoms with E-state index < -0.39 is 11.6 Å². The topological polar surface area (TPSA) is 41.1 Å². The molecule has 2 N–H and O–H groups in total. The van der Waals surface area contributed by atoms with Crippen LogP contribution in [0.1, 0.15) is 62.3 Å². The van der Waals surface area contributed by atoms with Crippen LogP contribution in [0.5, 0.6) is 0 Å². The zero-order valence-electron chi connectivity index (χ0n) is 22.1. The number of rotatable bonds is 11. The fourth-order valence-electron chi connectivity index (χ4n) is 5.07. The van der Waals surface area contributed by atoms with E-state index >= 15 is 0 Å². The largest absolute Gasteiger partial charge is 0.353 e. The molecular formula is C32H38F2N2O. The van der Waals surface area contributed by atoms with E-state index in [1.165, 1.54) is 23.3 Å². The number of nitrogens with one attached hydrogen (secondary N) is 2. The quantitative estimate of drug-likeness (QED) is 0.313. The van der Waals surface area contributed by atoms with Crippen LogP contribution in [-0.4, -0.2) is 18.5 Å². The second kappa shape index (κ2) is 11.6. The van der Waals surface area contributed by atoms with Crippen LogP contribution in [0.4, 0.5) is 8.78 Å². The molecule has 1 saturated carbocycles. The molecule has 0 saturated heterocycles. The molecule has 1 fully saturated rings. The lowest BCUT2D eigenvalue weighted by Gasteiger charge is -2.24. The predicted molar refractivity (Wildman–Crippen MR) is 145 cm³/mol. The summed E-state index contributed by atoms with van der Waals surface area (Å²) in [6.07, 6.45) is 4.47. The van der Waals surface area contributed by atoms with E-state index in [0.29, 0.717) is 24.9 Å². The van der Waals surface area contributed by atoms with Crippen molar-refractivity contribution in [3.63, 3.8) is 0 Å². The van der Waals surface area contributed by atoms with E-state index in [1.54, 1.807) is 0 Å². The second-order valence-electron chi connectivity index (χ2n) is 11.6. The Bertz CT molecular complexity index is 1180. The summed E-state index contributed by atoms with van der Waals surface area (Å²) < 4.78 is 27.7. The fraction of sp³-hybridized carbons (Fsp3) is 0.406. The average molecular weight is 505 g/mol. The summed E-state index contributed by atoms with van der Waals surface area (Å²) >= 11 is 0. The van der Waals surface area contributed by atoms with Gasteiger partial charge in [-0.25, -0.2) is 8.78 Å². The van der Waals surface area contributed by atoms with Gasteiger partial charge in [-0.2, -0.15) is 0 Å². The monoisotopic (exact) mass is 504 g/mol. The van der Waals surface area contributed by atoms with E-state index in [-0.39, 0.29) is 29.3 Å². The molecule has 0 aromatic heterocycles. The van der Waals surface area contributed by atoms with Crippen LogP contribution in [0.3, 0.4) is 0 Å². The Morgan fingerprint density at radius 2 is 1.57 bits per heavy atom. The minimum Gasteiger partial charge on any atom is -0.353 e. The van der Waals surface area contributed by atoms with Gasteiger partial charge in [0.15, 0.2) is 0 Å². The highest BCUT2D eigenvalue weighted by atomic mass is 19.1. The highest BCUT2D eigenvalue weighted by Crippen LogP contribution is 2.45. The number of benzene rings is 3. The highest BCUT2D eigenvalue weighted by molar-refractivity contribution is 5.78. The molecule has 0 radical (unpaired) electrons. The van der Waals surface area contributed by atoms with Gasteiger partial charge in [0, 0.05) is 17.6 Å². The first-order valence-electron chi connectivity index (χ1n) is 13.2. The van der Waals surface area contributed by atoms with Crippen molar-refractivity contribution in [1.29, 1.82) is 0 Å². The lowest BCUT2D eigenvalue weighted by Crippen LogP contribution is -2.41. The van der Waals surface area contributed by atoms with Crippen molar-refractivity contribution in [2.45, 2.75) is 70.9 Å². The standard InChI is InChI=1S/C32H38F2N2O/c1-31(2,3)22-24-10-7-11-26(16-24)32(13-14-32)35-15-12-29(19-25-17-27(33)21-28(34)18-25)36-30(37)20-23-8-5-4-6-9-23/h4-11,16-18,21,29,35H,12-15,19-20,22H2,1-3H3,(H,36,37)/t29-/m1/s1. The Morgan fingerprint density at radius 3 is 2.22 bits per heavy atom. The normalized spacial score (nSPS) is 15.3. The van der Waals surface area contributed by atoms with Gasteiger partial charge in [0.05, 0.1) is 6.42 Å². The molecule has 0 heterocycles. The van der Waals surface area contributed by atoms with Crippen LogP contribution in [0, 0.1) is 17.0 Å². The van der Waals surface area contributed by atoms with Crippen molar-refractivity contribution in [3.8, 4) is 0 Å². The number of carbonyl (C=O) groups excluding carboxylic acids is 1. The third kappa shape index (κ3) is 8.22. The molecule has 196 valence electrons. The smallest absolute Gasteiger partial charge is 0.224 e. The number of halogens is 2. The third-order valence-corrected chi connectivity index (χ3v) is 6.90. The molecule has 0 aliphatic heterocycles. The first kappa shape index (κ1) is 27.0. The summed E-state index contributed by atoms with van der Waals surface area (Å²) in [4.78, 5) is 12.8. The summed E-state index contributed by atoms with van der Waals surface area (Å²) in [6.45, 7) is 7.45. The Balaban J connectivity index is 1.41. The third-order valence-electron chi connectivity index (χ3n) is 6.90. The van der Waals surface area contributed by atoms with E-state index in [1.807, 2.05) is 30.3 Å². The van der Waals surface area contributed by atoms with Gasteiger partial charge in [0.25, 0.3) is 0 Å². The molecule has 37 heavy (non-hydrogen) atoms. The van der Waals surface area contributed by atoms with Gasteiger partial charge in [0.2, 0.25) is 5.91 Å². The molecule has 0 bridgehead atoms. The highest BCUT2D eigenvalue weighted by Gasteiger charge is 2.43. The lowest BCUT2D eigenvalue weighted by molar-refractivity contribution is -0.121. The Morgan fingerprint density at radius 1 is 0.892 bits per heavy atom. The Hall–Kier alpha value is -3.05. The number of carbonyl (C=O) groups is 1. The molecule has 1 atom stereocenters. The number of amides is 1. The van der Waals surface area contributed by atoms with Gasteiger partial charge in [-0.1, -0.05) is 75.4 Å². The maximum absolute atomic E-state index is 13.8. The summed E-state index contributed by atoms with van der Waals surface area (Å²) in [5.41, 5.74) is 4.32. The van der Waals surface area contributed by atoms with E-state index in [0.717, 1.165) is 30.9 Å².